The van der Waals surface area contributed by atoms with Crippen LogP contribution < -0.4 is 15.4 Å². The van der Waals surface area contributed by atoms with E-state index in [1.165, 1.54) is 18.2 Å². The number of phenols is 1. The van der Waals surface area contributed by atoms with E-state index in [1.807, 2.05) is 19.1 Å². The van der Waals surface area contributed by atoms with Gasteiger partial charge in [-0.05, 0) is 55.7 Å². The van der Waals surface area contributed by atoms with Crippen LogP contribution in [0, 0.1) is 6.92 Å². The average molecular weight is 578 g/mol. The number of aromatic hydroxyl groups is 1. The standard InChI is InChI=1S/C32H36FN3O6/c1-3-42-24-12-7-11-22(15-24)18-34-31(40)27-17-23(33)19-36(27)32(41)29(38)26(16-21-9-5-4-6-10-21)35-30(39)25-13-8-14-28(37)20(25)2/h4-15,23,26-27,29,37-38H,3,16-19H2,1-2H3,(H,34,40)(H,35,39)/t23-,26+,27+,29+/m1/s1. The summed E-state index contributed by atoms with van der Waals surface area (Å²) in [5.41, 5.74) is 2.05. The third kappa shape index (κ3) is 7.44. The normalized spacial score (nSPS) is 17.8. The van der Waals surface area contributed by atoms with E-state index < -0.39 is 42.1 Å². The minimum atomic E-state index is -1.77. The Morgan fingerprint density at radius 3 is 2.50 bits per heavy atom. The molecule has 0 aliphatic carbocycles. The van der Waals surface area contributed by atoms with Crippen molar-refractivity contribution in [2.24, 2.45) is 0 Å². The van der Waals surface area contributed by atoms with Crippen LogP contribution in [-0.4, -0.2) is 70.3 Å². The van der Waals surface area contributed by atoms with E-state index in [0.717, 1.165) is 16.0 Å². The van der Waals surface area contributed by atoms with Gasteiger partial charge in [-0.2, -0.15) is 0 Å². The van der Waals surface area contributed by atoms with Gasteiger partial charge in [-0.1, -0.05) is 48.5 Å². The second-order valence-electron chi connectivity index (χ2n) is 10.3. The number of alkyl halides is 1. The maximum Gasteiger partial charge on any atom is 0.254 e. The summed E-state index contributed by atoms with van der Waals surface area (Å²) in [6.45, 7) is 3.73. The summed E-state index contributed by atoms with van der Waals surface area (Å²) in [5, 5.41) is 26.8. The number of aliphatic hydroxyl groups is 1. The lowest BCUT2D eigenvalue weighted by atomic mass is 9.98. The Kier molecular flexibility index (Phi) is 10.1. The van der Waals surface area contributed by atoms with Gasteiger partial charge in [0, 0.05) is 24.1 Å². The third-order valence-corrected chi connectivity index (χ3v) is 7.31. The Morgan fingerprint density at radius 2 is 1.76 bits per heavy atom. The van der Waals surface area contributed by atoms with Crippen LogP contribution in [0.5, 0.6) is 11.5 Å². The number of aliphatic hydroxyl groups excluding tert-OH is 1. The summed E-state index contributed by atoms with van der Waals surface area (Å²) in [5.74, 6) is -1.41. The minimum Gasteiger partial charge on any atom is -0.508 e. The maximum atomic E-state index is 14.6. The molecule has 0 radical (unpaired) electrons. The van der Waals surface area contributed by atoms with E-state index in [9.17, 15) is 29.0 Å². The average Bonchev–Trinajstić information content (AvgIpc) is 3.38. The molecule has 4 rings (SSSR count). The molecule has 222 valence electrons. The van der Waals surface area contributed by atoms with Gasteiger partial charge in [0.1, 0.15) is 23.7 Å². The molecule has 0 bridgehead atoms. The van der Waals surface area contributed by atoms with Crippen molar-refractivity contribution >= 4 is 17.7 Å². The maximum absolute atomic E-state index is 14.6. The fraction of sp³-hybridized carbons (Fsp3) is 0.344. The van der Waals surface area contributed by atoms with E-state index >= 15 is 0 Å². The quantitative estimate of drug-likeness (QED) is 0.277. The van der Waals surface area contributed by atoms with E-state index in [2.05, 4.69) is 10.6 Å². The van der Waals surface area contributed by atoms with Gasteiger partial charge >= 0.3 is 0 Å². The monoisotopic (exact) mass is 577 g/mol. The fourth-order valence-electron chi connectivity index (χ4n) is 5.06. The number of likely N-dealkylation sites (tertiary alicyclic amines) is 1. The van der Waals surface area contributed by atoms with E-state index in [1.54, 1.807) is 49.4 Å². The number of hydrogen-bond donors (Lipinski definition) is 4. The lowest BCUT2D eigenvalue weighted by molar-refractivity contribution is -0.146. The van der Waals surface area contributed by atoms with Gasteiger partial charge in [-0.15, -0.1) is 0 Å². The first-order chi connectivity index (χ1) is 20.2. The number of phenolic OH excluding ortho intramolecular Hbond substituents is 1. The molecule has 0 unspecified atom stereocenters. The molecule has 0 spiro atoms. The van der Waals surface area contributed by atoms with Gasteiger partial charge in [0.25, 0.3) is 11.8 Å². The molecule has 1 aliphatic heterocycles. The summed E-state index contributed by atoms with van der Waals surface area (Å²) in [4.78, 5) is 40.9. The Labute approximate surface area is 244 Å². The van der Waals surface area contributed by atoms with Crippen LogP contribution in [0.3, 0.4) is 0 Å². The van der Waals surface area contributed by atoms with Gasteiger partial charge in [-0.25, -0.2) is 4.39 Å². The molecular formula is C32H36FN3O6. The highest BCUT2D eigenvalue weighted by molar-refractivity contribution is 5.97. The highest BCUT2D eigenvalue weighted by Crippen LogP contribution is 2.24. The lowest BCUT2D eigenvalue weighted by Crippen LogP contribution is -2.55. The molecule has 0 saturated carbocycles. The molecule has 1 saturated heterocycles. The highest BCUT2D eigenvalue weighted by atomic mass is 19.1. The van der Waals surface area contributed by atoms with Crippen molar-refractivity contribution in [1.82, 2.24) is 15.5 Å². The van der Waals surface area contributed by atoms with Crippen molar-refractivity contribution < 1.29 is 33.7 Å². The summed E-state index contributed by atoms with van der Waals surface area (Å²) in [6, 6.07) is 18.5. The first kappa shape index (κ1) is 30.5. The lowest BCUT2D eigenvalue weighted by Gasteiger charge is -2.30. The van der Waals surface area contributed by atoms with Gasteiger partial charge < -0.3 is 30.5 Å². The van der Waals surface area contributed by atoms with Crippen LogP contribution in [0.1, 0.15) is 40.4 Å². The number of nitrogens with one attached hydrogen (secondary N) is 2. The van der Waals surface area contributed by atoms with Crippen molar-refractivity contribution in [3.63, 3.8) is 0 Å². The topological polar surface area (TPSA) is 128 Å². The summed E-state index contributed by atoms with van der Waals surface area (Å²) in [7, 11) is 0. The SMILES string of the molecule is CCOc1cccc(CNC(=O)[C@@H]2C[C@@H](F)CN2C(=O)[C@@H](O)[C@H](Cc2ccccc2)NC(=O)c2cccc(O)c2C)c1. The number of amides is 3. The zero-order valence-electron chi connectivity index (χ0n) is 23.6. The minimum absolute atomic E-state index is 0.0663. The molecule has 0 aromatic heterocycles. The number of hydrogen-bond acceptors (Lipinski definition) is 6. The van der Waals surface area contributed by atoms with Crippen molar-refractivity contribution in [3.8, 4) is 11.5 Å². The first-order valence-corrected chi connectivity index (χ1v) is 13.9. The van der Waals surface area contributed by atoms with Crippen LogP contribution in [0.15, 0.2) is 72.8 Å². The molecule has 42 heavy (non-hydrogen) atoms. The van der Waals surface area contributed by atoms with E-state index in [-0.39, 0.29) is 37.2 Å². The smallest absolute Gasteiger partial charge is 0.254 e. The summed E-state index contributed by atoms with van der Waals surface area (Å²) < 4.78 is 20.1. The number of carbonyl (C=O) groups excluding carboxylic acids is 3. The molecule has 9 nitrogen and oxygen atoms in total. The van der Waals surface area contributed by atoms with Gasteiger partial charge in [0.15, 0.2) is 6.10 Å². The van der Waals surface area contributed by atoms with Crippen molar-refractivity contribution in [2.75, 3.05) is 13.2 Å². The Bertz CT molecular complexity index is 1400. The second kappa shape index (κ2) is 14.0. The number of nitrogens with zero attached hydrogens (tertiary/aromatic N) is 1. The summed E-state index contributed by atoms with van der Waals surface area (Å²) >= 11 is 0. The number of halogens is 1. The second-order valence-corrected chi connectivity index (χ2v) is 10.3. The molecular weight excluding hydrogens is 541 g/mol. The zero-order chi connectivity index (χ0) is 30.2. The van der Waals surface area contributed by atoms with Crippen molar-refractivity contribution in [3.05, 3.63) is 95.1 Å². The summed E-state index contributed by atoms with van der Waals surface area (Å²) in [6.07, 6.45) is -3.33. The van der Waals surface area contributed by atoms with Crippen LogP contribution in [-0.2, 0) is 22.6 Å². The van der Waals surface area contributed by atoms with Crippen LogP contribution in [0.2, 0.25) is 0 Å². The first-order valence-electron chi connectivity index (χ1n) is 13.9. The third-order valence-electron chi connectivity index (χ3n) is 7.31. The largest absolute Gasteiger partial charge is 0.508 e. The molecule has 3 aromatic carbocycles. The Morgan fingerprint density at radius 1 is 1.05 bits per heavy atom. The van der Waals surface area contributed by atoms with Gasteiger partial charge in [-0.3, -0.25) is 14.4 Å². The molecule has 4 N–H and O–H groups in total. The van der Waals surface area contributed by atoms with E-state index in [4.69, 9.17) is 4.74 Å². The Balaban J connectivity index is 1.50. The predicted molar refractivity (Wildman–Crippen MR) is 155 cm³/mol. The van der Waals surface area contributed by atoms with Crippen molar-refractivity contribution in [2.45, 2.75) is 57.6 Å². The number of benzene rings is 3. The molecule has 1 aliphatic rings. The van der Waals surface area contributed by atoms with Gasteiger partial charge in [0.2, 0.25) is 5.91 Å². The van der Waals surface area contributed by atoms with E-state index in [0.29, 0.717) is 17.9 Å². The zero-order valence-corrected chi connectivity index (χ0v) is 23.6. The van der Waals surface area contributed by atoms with Gasteiger partial charge in [0.05, 0.1) is 19.2 Å². The molecule has 3 aromatic rings. The highest BCUT2D eigenvalue weighted by Gasteiger charge is 2.43. The molecule has 1 fully saturated rings. The van der Waals surface area contributed by atoms with Crippen LogP contribution in [0.25, 0.3) is 0 Å². The molecule has 10 heteroatoms. The number of carbonyl (C=O) groups is 3. The molecule has 4 atom stereocenters. The fourth-order valence-corrected chi connectivity index (χ4v) is 5.06. The number of rotatable bonds is 11. The Hall–Kier alpha value is -4.44. The van der Waals surface area contributed by atoms with Crippen molar-refractivity contribution in [1.29, 1.82) is 0 Å². The number of ether oxygens (including phenoxy) is 1. The molecule has 3 amide bonds. The molecule has 1 heterocycles. The van der Waals surface area contributed by atoms with Crippen LogP contribution in [0.4, 0.5) is 4.39 Å². The predicted octanol–water partition coefficient (Wildman–Crippen LogP) is 3.06. The van der Waals surface area contributed by atoms with Crippen LogP contribution >= 0.6 is 0 Å².